The molecule has 14 rings (SSSR count). The smallest absolute Gasteiger partial charge is 0.123 e. The summed E-state index contributed by atoms with van der Waals surface area (Å²) in [4.78, 5) is 0. The Balaban J connectivity index is 0.000000226. The summed E-state index contributed by atoms with van der Waals surface area (Å²) >= 11 is 0. The van der Waals surface area contributed by atoms with Gasteiger partial charge in [0.1, 0.15) is 95.2 Å². The van der Waals surface area contributed by atoms with Gasteiger partial charge in [-0.25, -0.2) is 0 Å². The van der Waals surface area contributed by atoms with Gasteiger partial charge in [-0.2, -0.15) is 0 Å². The quantitative estimate of drug-likeness (QED) is 0.0373. The number of ether oxygens (including phenoxy) is 10. The maximum absolute atomic E-state index is 10.5. The van der Waals surface area contributed by atoms with Gasteiger partial charge in [-0.3, -0.25) is 0 Å². The van der Waals surface area contributed by atoms with Crippen molar-refractivity contribution >= 4 is 0 Å². The van der Waals surface area contributed by atoms with Gasteiger partial charge in [0.05, 0.1) is 53.9 Å². The van der Waals surface area contributed by atoms with Gasteiger partial charge >= 0.3 is 0 Å². The zero-order valence-electron chi connectivity index (χ0n) is 55.2. The van der Waals surface area contributed by atoms with E-state index in [-0.39, 0.29) is 39.1 Å². The summed E-state index contributed by atoms with van der Waals surface area (Å²) in [5, 5.41) is 40.3. The van der Waals surface area contributed by atoms with Crippen LogP contribution in [0.15, 0.2) is 194 Å². The molecule has 2 aliphatic carbocycles. The summed E-state index contributed by atoms with van der Waals surface area (Å²) in [7, 11) is 3.35. The van der Waals surface area contributed by atoms with E-state index in [1.54, 1.807) is 20.3 Å². The molecule has 510 valence electrons. The zero-order valence-corrected chi connectivity index (χ0v) is 56.7. The first-order valence-corrected chi connectivity index (χ1v) is 33.5. The van der Waals surface area contributed by atoms with Crippen molar-refractivity contribution in [2.45, 2.75) is 176 Å². The number of rotatable bonds is 22. The van der Waals surface area contributed by atoms with E-state index in [9.17, 15) is 20.4 Å². The maximum Gasteiger partial charge on any atom is 0.123 e. The van der Waals surface area contributed by atoms with Crippen molar-refractivity contribution in [1.82, 2.24) is 0 Å². The van der Waals surface area contributed by atoms with E-state index in [2.05, 4.69) is 103 Å². The Labute approximate surface area is 579 Å². The second-order valence-electron chi connectivity index (χ2n) is 26.3. The number of hydrogen-bond acceptors (Lipinski definition) is 14. The second-order valence-corrected chi connectivity index (χ2v) is 26.3. The average Bonchev–Trinajstić information content (AvgIpc) is 0.790. The van der Waals surface area contributed by atoms with Gasteiger partial charge in [0.2, 0.25) is 0 Å². The monoisotopic (exact) mass is 1390 g/mol. The van der Waals surface area contributed by atoms with Crippen molar-refractivity contribution in [3.8, 4) is 23.0 Å². The molecule has 8 aromatic carbocycles. The molecule has 0 amide bonds. The molecule has 2 saturated heterocycles. The Morgan fingerprint density at radius 2 is 0.854 bits per heavy atom. The summed E-state index contributed by atoms with van der Waals surface area (Å²) in [6.07, 6.45) is 4.13. The van der Waals surface area contributed by atoms with Crippen molar-refractivity contribution in [2.75, 3.05) is 27.4 Å². The molecule has 4 N–H and O–H groups in total. The van der Waals surface area contributed by atoms with Crippen LogP contribution in [0.3, 0.4) is 0 Å². The van der Waals surface area contributed by atoms with Crippen molar-refractivity contribution in [3.63, 3.8) is 0 Å². The minimum atomic E-state index is -1.41. The van der Waals surface area contributed by atoms with E-state index in [0.29, 0.717) is 57.2 Å². The fraction of sp³-hybridized carbons (Fsp3) is 0.395. The summed E-state index contributed by atoms with van der Waals surface area (Å²) in [6, 6.07) is 65.9. The Bertz CT molecular complexity index is 3740. The van der Waals surface area contributed by atoms with Crippen LogP contribution in [0.5, 0.6) is 23.0 Å². The van der Waals surface area contributed by atoms with E-state index in [1.165, 1.54) is 29.5 Å². The Hall–Kier alpha value is -6.78. The molecule has 6 aliphatic rings. The van der Waals surface area contributed by atoms with Gasteiger partial charge in [0.25, 0.3) is 0 Å². The first-order valence-electron chi connectivity index (χ1n) is 33.5. The van der Waals surface area contributed by atoms with Crippen LogP contribution in [-0.4, -0.2) is 108 Å². The molecule has 0 unspecified atom stereocenters. The zero-order chi connectivity index (χ0) is 64.4. The molecule has 14 nitrogen and oxygen atoms in total. The van der Waals surface area contributed by atoms with Gasteiger partial charge in [0, 0.05) is 33.3 Å². The molecular weight excluding hydrogens is 1300 g/mol. The molecule has 2 spiro atoms. The molecule has 15 heteroatoms. The van der Waals surface area contributed by atoms with E-state index in [1.807, 2.05) is 84.9 Å². The fourth-order valence-electron chi connectivity index (χ4n) is 14.3. The molecular formula is C81H91O14Pd-. The molecule has 96 heavy (non-hydrogen) atoms. The fourth-order valence-corrected chi connectivity index (χ4v) is 14.3. The van der Waals surface area contributed by atoms with E-state index < -0.39 is 67.6 Å². The summed E-state index contributed by atoms with van der Waals surface area (Å²) in [5.41, 5.74) is 12.9. The number of benzene rings is 8. The first-order chi connectivity index (χ1) is 46.0. The third kappa shape index (κ3) is 16.5. The van der Waals surface area contributed by atoms with Crippen LogP contribution >= 0.6 is 0 Å². The summed E-state index contributed by atoms with van der Waals surface area (Å²) in [6.45, 7) is 1.41. The largest absolute Gasteiger partial charge is 0.496 e. The Morgan fingerprint density at radius 3 is 1.29 bits per heavy atom. The molecule has 0 bridgehead atoms. The number of methoxy groups -OCH3 is 2. The molecule has 10 atom stereocenters. The number of hydrogen-bond donors (Lipinski definition) is 4. The van der Waals surface area contributed by atoms with Crippen LogP contribution in [-0.2, 0) is 101 Å². The molecule has 4 aliphatic heterocycles. The Morgan fingerprint density at radius 1 is 0.427 bits per heavy atom. The van der Waals surface area contributed by atoms with Crippen LogP contribution < -0.4 is 18.9 Å². The third-order valence-corrected chi connectivity index (χ3v) is 20.0. The van der Waals surface area contributed by atoms with Gasteiger partial charge in [-0.05, 0) is 167 Å². The van der Waals surface area contributed by atoms with Crippen LogP contribution in [0, 0.1) is 7.43 Å². The predicted molar refractivity (Wildman–Crippen MR) is 363 cm³/mol. The number of aliphatic hydroxyl groups excluding tert-OH is 4. The molecule has 8 aromatic rings. The molecule has 4 fully saturated rings. The van der Waals surface area contributed by atoms with Crippen molar-refractivity contribution in [2.24, 2.45) is 0 Å². The number of aliphatic hydroxyl groups is 4. The first kappa shape index (κ1) is 70.5. The van der Waals surface area contributed by atoms with Crippen molar-refractivity contribution in [3.05, 3.63) is 268 Å². The van der Waals surface area contributed by atoms with E-state index in [0.717, 1.165) is 113 Å². The van der Waals surface area contributed by atoms with Crippen molar-refractivity contribution in [1.29, 1.82) is 0 Å². The van der Waals surface area contributed by atoms with Gasteiger partial charge in [0.15, 0.2) is 0 Å². The number of aryl methyl sites for hydroxylation is 2. The van der Waals surface area contributed by atoms with Crippen LogP contribution in [0.4, 0.5) is 0 Å². The van der Waals surface area contributed by atoms with E-state index >= 15 is 0 Å². The normalized spacial score (nSPS) is 24.1. The second kappa shape index (κ2) is 32.7. The van der Waals surface area contributed by atoms with Crippen LogP contribution in [0.25, 0.3) is 0 Å². The molecule has 2 saturated carbocycles. The van der Waals surface area contributed by atoms with Crippen LogP contribution in [0.1, 0.15) is 130 Å². The topological polar surface area (TPSA) is 173 Å². The minimum Gasteiger partial charge on any atom is -0.496 e. The van der Waals surface area contributed by atoms with Crippen molar-refractivity contribution < 1.29 is 88.2 Å². The standard InChI is InChI=1S/C54H56O7.C26H32O7.CH3.Pd/c1-55-47-26-24-45(33-46(47)32-43-23-25-48-44(31-43)27-30-54(61-48)28-14-29-54)50-52(58-36-41-19-10-4-11-20-41)53(59-37-42-21-12-5-13-22-42)51(57-35-40-17-8-3-9-18-40)49(60-50)38-56-34-39-15-6-2-7-16-39;1-31-19-6-4-17(25-24(30)23(29)22(28)21(14-27)32-25)13-18(19)12-15-3-5-20-16(11-15)7-10-26(33-20)8-2-9-26;;/h2-13,15-26,31,33,49-53H,14,27-30,32,34-38H2,1H3;3-6,11,13,21-25,27-30H,2,7-10,12,14H2,1H3;1H3;/q;;-1;/t49-,50+,51-,52+,53+;21-,22-,23+,24-,25+;;/m11../s1. The van der Waals surface area contributed by atoms with E-state index in [4.69, 9.17) is 47.4 Å². The molecule has 4 heterocycles. The third-order valence-electron chi connectivity index (χ3n) is 20.0. The minimum absolute atomic E-state index is 0. The van der Waals surface area contributed by atoms with Gasteiger partial charge in [-0.1, -0.05) is 158 Å². The summed E-state index contributed by atoms with van der Waals surface area (Å²) in [5.74, 6) is 3.57. The Kier molecular flexibility index (Phi) is 24.0. The van der Waals surface area contributed by atoms with Gasteiger partial charge < -0.3 is 75.2 Å². The maximum atomic E-state index is 10.5. The average molecular weight is 1400 g/mol. The SMILES string of the molecule is COc1ccc([C@@H]2O[C@H](CO)[C@@H](O)[C@H](O)[C@H]2O)cc1Cc1ccc2c(c1)CCC1(CCC1)O2.COc1ccc([C@@H]2O[C@H](COCc3ccccc3)[C@@H](OCc3ccccc3)[C@H](OCc3ccccc3)[C@H]2OCc2ccccc2)cc1Cc1ccc2c(c1)CCC1(CCC1)O2.[CH3-].[Pd]. The van der Waals surface area contributed by atoms with Gasteiger partial charge in [-0.15, -0.1) is 0 Å². The van der Waals surface area contributed by atoms with Crippen LogP contribution in [0.2, 0.25) is 0 Å². The summed E-state index contributed by atoms with van der Waals surface area (Å²) < 4.78 is 64.9. The molecule has 0 aromatic heterocycles. The number of fused-ring (bicyclic) bond motifs is 2. The predicted octanol–water partition coefficient (Wildman–Crippen LogP) is 13.4. The molecule has 0 radical (unpaired) electrons.